The molecule has 104 valence electrons. The normalized spacial score (nSPS) is 12.9. The van der Waals surface area contributed by atoms with Crippen molar-refractivity contribution in [3.63, 3.8) is 0 Å². The number of nitrogens with zero attached hydrogens (tertiary/aromatic N) is 2. The molecule has 0 unspecified atom stereocenters. The van der Waals surface area contributed by atoms with Crippen LogP contribution in [0.2, 0.25) is 5.15 Å². The Labute approximate surface area is 122 Å². The van der Waals surface area contributed by atoms with Gasteiger partial charge in [-0.1, -0.05) is 23.7 Å². The quantitative estimate of drug-likeness (QED) is 0.811. The SMILES string of the molecule is CN(Cc1ccc(Cl)nc1)Cc1ccc2c(c1)OCO2. The highest BCUT2D eigenvalue weighted by Crippen LogP contribution is 2.32. The Morgan fingerprint density at radius 1 is 1.10 bits per heavy atom. The molecule has 0 bridgehead atoms. The molecule has 5 heteroatoms. The van der Waals surface area contributed by atoms with E-state index in [0.29, 0.717) is 11.9 Å². The third-order valence-electron chi connectivity index (χ3n) is 3.13. The highest BCUT2D eigenvalue weighted by atomic mass is 35.5. The first-order chi connectivity index (χ1) is 9.70. The Hall–Kier alpha value is -1.78. The molecule has 2 heterocycles. The van der Waals surface area contributed by atoms with Gasteiger partial charge in [-0.15, -0.1) is 0 Å². The zero-order valence-corrected chi connectivity index (χ0v) is 11.9. The lowest BCUT2D eigenvalue weighted by molar-refractivity contribution is 0.174. The summed E-state index contributed by atoms with van der Waals surface area (Å²) in [5.74, 6) is 1.64. The first-order valence-corrected chi connectivity index (χ1v) is 6.76. The van der Waals surface area contributed by atoms with Crippen LogP contribution in [0.3, 0.4) is 0 Å². The number of hydrogen-bond donors (Lipinski definition) is 0. The molecule has 0 aliphatic carbocycles. The van der Waals surface area contributed by atoms with Gasteiger partial charge in [-0.3, -0.25) is 4.90 Å². The van der Waals surface area contributed by atoms with Crippen LogP contribution in [0.1, 0.15) is 11.1 Å². The van der Waals surface area contributed by atoms with E-state index in [1.807, 2.05) is 24.3 Å². The van der Waals surface area contributed by atoms with Crippen molar-refractivity contribution in [3.8, 4) is 11.5 Å². The monoisotopic (exact) mass is 290 g/mol. The fraction of sp³-hybridized carbons (Fsp3) is 0.267. The van der Waals surface area contributed by atoms with Gasteiger partial charge in [0.15, 0.2) is 11.5 Å². The van der Waals surface area contributed by atoms with E-state index in [2.05, 4.69) is 23.0 Å². The topological polar surface area (TPSA) is 34.6 Å². The van der Waals surface area contributed by atoms with Crippen LogP contribution in [-0.4, -0.2) is 23.7 Å². The van der Waals surface area contributed by atoms with Crippen LogP contribution in [0, 0.1) is 0 Å². The smallest absolute Gasteiger partial charge is 0.231 e. The highest BCUT2D eigenvalue weighted by molar-refractivity contribution is 6.29. The van der Waals surface area contributed by atoms with Crippen LogP contribution in [0.5, 0.6) is 11.5 Å². The summed E-state index contributed by atoms with van der Waals surface area (Å²) >= 11 is 5.78. The average Bonchev–Trinajstić information content (AvgIpc) is 2.89. The number of benzene rings is 1. The molecule has 1 aliphatic rings. The van der Waals surface area contributed by atoms with E-state index in [1.54, 1.807) is 6.20 Å². The van der Waals surface area contributed by atoms with Gasteiger partial charge in [0, 0.05) is 19.3 Å². The summed E-state index contributed by atoms with van der Waals surface area (Å²) in [5.41, 5.74) is 2.33. The van der Waals surface area contributed by atoms with Gasteiger partial charge < -0.3 is 9.47 Å². The molecular formula is C15H15ClN2O2. The van der Waals surface area contributed by atoms with Crippen molar-refractivity contribution in [1.29, 1.82) is 0 Å². The molecule has 1 aromatic heterocycles. The number of fused-ring (bicyclic) bond motifs is 1. The zero-order valence-electron chi connectivity index (χ0n) is 11.2. The van der Waals surface area contributed by atoms with Gasteiger partial charge in [0.25, 0.3) is 0 Å². The largest absolute Gasteiger partial charge is 0.454 e. The third kappa shape index (κ3) is 3.03. The van der Waals surface area contributed by atoms with Crippen molar-refractivity contribution >= 4 is 11.6 Å². The maximum atomic E-state index is 5.78. The number of pyridine rings is 1. The molecule has 0 saturated heterocycles. The Morgan fingerprint density at radius 2 is 1.85 bits per heavy atom. The van der Waals surface area contributed by atoms with Crippen molar-refractivity contribution < 1.29 is 9.47 Å². The molecule has 0 fully saturated rings. The Bertz CT molecular complexity index is 601. The van der Waals surface area contributed by atoms with Crippen LogP contribution >= 0.6 is 11.6 Å². The van der Waals surface area contributed by atoms with Gasteiger partial charge in [0.2, 0.25) is 6.79 Å². The predicted molar refractivity (Wildman–Crippen MR) is 77.0 cm³/mol. The summed E-state index contributed by atoms with van der Waals surface area (Å²) in [4.78, 5) is 6.30. The fourth-order valence-corrected chi connectivity index (χ4v) is 2.33. The van der Waals surface area contributed by atoms with Crippen molar-refractivity contribution in [2.24, 2.45) is 0 Å². The molecule has 0 radical (unpaired) electrons. The van der Waals surface area contributed by atoms with Gasteiger partial charge in [-0.05, 0) is 36.4 Å². The lowest BCUT2D eigenvalue weighted by Gasteiger charge is -2.16. The number of aromatic nitrogens is 1. The van der Waals surface area contributed by atoms with Crippen LogP contribution < -0.4 is 9.47 Å². The lowest BCUT2D eigenvalue weighted by atomic mass is 10.2. The Kier molecular flexibility index (Phi) is 3.76. The average molecular weight is 291 g/mol. The van der Waals surface area contributed by atoms with Crippen LogP contribution in [0.4, 0.5) is 0 Å². The second-order valence-electron chi connectivity index (χ2n) is 4.85. The van der Waals surface area contributed by atoms with E-state index in [9.17, 15) is 0 Å². The molecule has 20 heavy (non-hydrogen) atoms. The summed E-state index contributed by atoms with van der Waals surface area (Å²) in [6.07, 6.45) is 1.80. The molecule has 3 rings (SSSR count). The second kappa shape index (κ2) is 5.69. The summed E-state index contributed by atoms with van der Waals surface area (Å²) in [5, 5.41) is 0.521. The first kappa shape index (κ1) is 13.2. The molecule has 1 aliphatic heterocycles. The summed E-state index contributed by atoms with van der Waals surface area (Å²) < 4.78 is 10.7. The van der Waals surface area contributed by atoms with Crippen LogP contribution in [-0.2, 0) is 13.1 Å². The van der Waals surface area contributed by atoms with Crippen molar-refractivity contribution in [3.05, 3.63) is 52.8 Å². The van der Waals surface area contributed by atoms with E-state index in [0.717, 1.165) is 30.2 Å². The molecule has 0 spiro atoms. The van der Waals surface area contributed by atoms with Gasteiger partial charge in [0.05, 0.1) is 0 Å². The lowest BCUT2D eigenvalue weighted by Crippen LogP contribution is -2.17. The van der Waals surface area contributed by atoms with Crippen molar-refractivity contribution in [2.75, 3.05) is 13.8 Å². The highest BCUT2D eigenvalue weighted by Gasteiger charge is 2.13. The maximum Gasteiger partial charge on any atom is 0.231 e. The molecule has 4 nitrogen and oxygen atoms in total. The molecule has 2 aromatic rings. The first-order valence-electron chi connectivity index (χ1n) is 6.38. The molecule has 0 amide bonds. The van der Waals surface area contributed by atoms with Gasteiger partial charge in [-0.2, -0.15) is 0 Å². The molecule has 0 saturated carbocycles. The van der Waals surface area contributed by atoms with Gasteiger partial charge in [0.1, 0.15) is 5.15 Å². The molecule has 0 atom stereocenters. The number of hydrogen-bond acceptors (Lipinski definition) is 4. The van der Waals surface area contributed by atoms with E-state index in [-0.39, 0.29) is 0 Å². The number of ether oxygens (including phenoxy) is 2. The molecular weight excluding hydrogens is 276 g/mol. The predicted octanol–water partition coefficient (Wildman–Crippen LogP) is 3.10. The summed E-state index contributed by atoms with van der Waals surface area (Å²) in [6, 6.07) is 9.84. The molecule has 1 aromatic carbocycles. The van der Waals surface area contributed by atoms with Gasteiger partial charge in [-0.25, -0.2) is 4.98 Å². The minimum absolute atomic E-state index is 0.311. The fourth-order valence-electron chi connectivity index (χ4n) is 2.22. The zero-order chi connectivity index (χ0) is 13.9. The van der Waals surface area contributed by atoms with Crippen molar-refractivity contribution in [1.82, 2.24) is 9.88 Å². The third-order valence-corrected chi connectivity index (χ3v) is 3.35. The van der Waals surface area contributed by atoms with E-state index < -0.39 is 0 Å². The van der Waals surface area contributed by atoms with E-state index >= 15 is 0 Å². The standard InChI is InChI=1S/C15H15ClN2O2/c1-18(9-12-3-5-15(16)17-7-12)8-11-2-4-13-14(6-11)20-10-19-13/h2-7H,8-10H2,1H3. The second-order valence-corrected chi connectivity index (χ2v) is 5.24. The summed E-state index contributed by atoms with van der Waals surface area (Å²) in [6.45, 7) is 1.96. The van der Waals surface area contributed by atoms with Gasteiger partial charge >= 0.3 is 0 Å². The van der Waals surface area contributed by atoms with Crippen molar-refractivity contribution in [2.45, 2.75) is 13.1 Å². The van der Waals surface area contributed by atoms with E-state index in [1.165, 1.54) is 5.56 Å². The number of halogens is 1. The molecule has 0 N–H and O–H groups in total. The minimum atomic E-state index is 0.311. The number of rotatable bonds is 4. The van der Waals surface area contributed by atoms with E-state index in [4.69, 9.17) is 21.1 Å². The van der Waals surface area contributed by atoms with Crippen LogP contribution in [0.15, 0.2) is 36.5 Å². The Morgan fingerprint density at radius 3 is 2.65 bits per heavy atom. The minimum Gasteiger partial charge on any atom is -0.454 e. The Balaban J connectivity index is 1.63. The van der Waals surface area contributed by atoms with Crippen LogP contribution in [0.25, 0.3) is 0 Å². The summed E-state index contributed by atoms with van der Waals surface area (Å²) in [7, 11) is 2.07. The maximum absolute atomic E-state index is 5.78.